The molecular formula is C12H19N3O3S. The Hall–Kier alpha value is -1.44. The van der Waals surface area contributed by atoms with Crippen molar-refractivity contribution in [3.63, 3.8) is 0 Å². The minimum Gasteiger partial charge on any atom is -0.368 e. The van der Waals surface area contributed by atoms with Crippen LogP contribution in [0.4, 0.5) is 0 Å². The topological polar surface area (TPSA) is 115 Å². The summed E-state index contributed by atoms with van der Waals surface area (Å²) in [4.78, 5) is 11.3. The third-order valence-corrected chi connectivity index (χ3v) is 4.50. The van der Waals surface area contributed by atoms with Crippen LogP contribution in [0.1, 0.15) is 25.0 Å². The van der Waals surface area contributed by atoms with Crippen molar-refractivity contribution < 1.29 is 13.2 Å². The Kier molecular flexibility index (Phi) is 4.34. The van der Waals surface area contributed by atoms with Gasteiger partial charge in [-0.2, -0.15) is 4.72 Å². The van der Waals surface area contributed by atoms with Crippen molar-refractivity contribution in [2.45, 2.75) is 37.8 Å². The largest absolute Gasteiger partial charge is 0.368 e. The number of rotatable bonds is 5. The molecule has 0 bridgehead atoms. The van der Waals surface area contributed by atoms with E-state index >= 15 is 0 Å². The van der Waals surface area contributed by atoms with E-state index in [4.69, 9.17) is 11.5 Å². The quantitative estimate of drug-likeness (QED) is 0.706. The lowest BCUT2D eigenvalue weighted by Crippen LogP contribution is -2.52. The number of hydrogen-bond acceptors (Lipinski definition) is 4. The fourth-order valence-corrected chi connectivity index (χ4v) is 2.98. The molecule has 0 heterocycles. The molecule has 1 amide bonds. The molecule has 1 aromatic carbocycles. The van der Waals surface area contributed by atoms with E-state index in [1.54, 1.807) is 13.0 Å². The number of amides is 1. The van der Waals surface area contributed by atoms with E-state index in [0.717, 1.165) is 11.1 Å². The van der Waals surface area contributed by atoms with E-state index < -0.39 is 21.5 Å². The van der Waals surface area contributed by atoms with Gasteiger partial charge in [-0.1, -0.05) is 6.07 Å². The molecule has 1 rings (SSSR count). The molecule has 0 saturated carbocycles. The van der Waals surface area contributed by atoms with Crippen LogP contribution in [0, 0.1) is 6.92 Å². The molecule has 106 valence electrons. The Labute approximate surface area is 113 Å². The van der Waals surface area contributed by atoms with Gasteiger partial charge in [0.15, 0.2) is 0 Å². The highest BCUT2D eigenvalue weighted by Crippen LogP contribution is 2.17. The summed E-state index contributed by atoms with van der Waals surface area (Å²) < 4.78 is 26.6. The van der Waals surface area contributed by atoms with Crippen molar-refractivity contribution in [1.29, 1.82) is 0 Å². The first-order valence-electron chi connectivity index (χ1n) is 5.73. The van der Waals surface area contributed by atoms with Crippen molar-refractivity contribution in [1.82, 2.24) is 4.72 Å². The van der Waals surface area contributed by atoms with Gasteiger partial charge >= 0.3 is 0 Å². The minimum absolute atomic E-state index is 0.0801. The number of benzene rings is 1. The standard InChI is InChI=1S/C12H19N3O3S/c1-8-6-10(5-4-9(8)7-13)19(17,18)15-12(2,3)11(14)16/h4-6,15H,7,13H2,1-3H3,(H2,14,16). The number of nitrogens with two attached hydrogens (primary N) is 2. The average molecular weight is 285 g/mol. The smallest absolute Gasteiger partial charge is 0.241 e. The van der Waals surface area contributed by atoms with Crippen LogP contribution in [0.25, 0.3) is 0 Å². The molecule has 5 N–H and O–H groups in total. The van der Waals surface area contributed by atoms with Crippen LogP contribution in [0.5, 0.6) is 0 Å². The van der Waals surface area contributed by atoms with Crippen LogP contribution >= 0.6 is 0 Å². The Morgan fingerprint density at radius 2 is 1.95 bits per heavy atom. The van der Waals surface area contributed by atoms with E-state index in [9.17, 15) is 13.2 Å². The van der Waals surface area contributed by atoms with E-state index in [2.05, 4.69) is 4.72 Å². The van der Waals surface area contributed by atoms with Crippen LogP contribution in [-0.2, 0) is 21.4 Å². The van der Waals surface area contributed by atoms with Gasteiger partial charge in [-0.05, 0) is 44.0 Å². The summed E-state index contributed by atoms with van der Waals surface area (Å²) in [7, 11) is -3.80. The lowest BCUT2D eigenvalue weighted by molar-refractivity contribution is -0.122. The van der Waals surface area contributed by atoms with Crippen LogP contribution in [-0.4, -0.2) is 19.9 Å². The fourth-order valence-electron chi connectivity index (χ4n) is 1.51. The van der Waals surface area contributed by atoms with E-state index in [-0.39, 0.29) is 4.90 Å². The van der Waals surface area contributed by atoms with Gasteiger partial charge < -0.3 is 11.5 Å². The second-order valence-electron chi connectivity index (χ2n) is 4.89. The Balaban J connectivity index is 3.15. The van der Waals surface area contributed by atoms with E-state index in [1.807, 2.05) is 0 Å². The first-order chi connectivity index (χ1) is 8.60. The average Bonchev–Trinajstić information content (AvgIpc) is 2.27. The molecule has 6 nitrogen and oxygen atoms in total. The number of primary amides is 1. The first-order valence-corrected chi connectivity index (χ1v) is 7.22. The highest BCUT2D eigenvalue weighted by Gasteiger charge is 2.31. The second-order valence-corrected chi connectivity index (χ2v) is 6.57. The van der Waals surface area contributed by atoms with Gasteiger partial charge in [0, 0.05) is 6.54 Å². The Morgan fingerprint density at radius 3 is 2.37 bits per heavy atom. The number of carbonyl (C=O) groups is 1. The summed E-state index contributed by atoms with van der Waals surface area (Å²) in [5.74, 6) is -0.744. The van der Waals surface area contributed by atoms with Crippen LogP contribution in [0.15, 0.2) is 23.1 Å². The summed E-state index contributed by atoms with van der Waals surface area (Å²) in [5.41, 5.74) is 11.0. The van der Waals surface area contributed by atoms with Crippen molar-refractivity contribution in [2.24, 2.45) is 11.5 Å². The summed E-state index contributed by atoms with van der Waals surface area (Å²) in [5, 5.41) is 0. The predicted octanol–water partition coefficient (Wildman–Crippen LogP) is -0.00408. The number of sulfonamides is 1. The molecule has 19 heavy (non-hydrogen) atoms. The monoisotopic (exact) mass is 285 g/mol. The third-order valence-electron chi connectivity index (χ3n) is 2.85. The molecule has 0 aliphatic rings. The van der Waals surface area contributed by atoms with Crippen molar-refractivity contribution in [3.8, 4) is 0 Å². The maximum absolute atomic E-state index is 12.2. The number of hydrogen-bond donors (Lipinski definition) is 3. The zero-order chi connectivity index (χ0) is 14.8. The molecule has 1 aromatic rings. The summed E-state index contributed by atoms with van der Waals surface area (Å²) in [6, 6.07) is 4.62. The molecule has 0 radical (unpaired) electrons. The van der Waals surface area contributed by atoms with Gasteiger partial charge in [0.25, 0.3) is 0 Å². The Morgan fingerprint density at radius 1 is 1.37 bits per heavy atom. The van der Waals surface area contributed by atoms with Crippen LogP contribution in [0.2, 0.25) is 0 Å². The number of carbonyl (C=O) groups excluding carboxylic acids is 1. The molecular weight excluding hydrogens is 266 g/mol. The van der Waals surface area contributed by atoms with Crippen molar-refractivity contribution in [2.75, 3.05) is 0 Å². The third kappa shape index (κ3) is 3.52. The number of nitrogens with one attached hydrogen (secondary N) is 1. The van der Waals surface area contributed by atoms with Crippen molar-refractivity contribution >= 4 is 15.9 Å². The van der Waals surface area contributed by atoms with Crippen LogP contribution < -0.4 is 16.2 Å². The molecule has 0 atom stereocenters. The van der Waals surface area contributed by atoms with Gasteiger partial charge in [0.1, 0.15) is 5.54 Å². The zero-order valence-electron chi connectivity index (χ0n) is 11.2. The Bertz CT molecular complexity index is 594. The second kappa shape index (κ2) is 5.28. The van der Waals surface area contributed by atoms with E-state index in [1.165, 1.54) is 26.0 Å². The summed E-state index contributed by atoms with van der Waals surface area (Å²) in [6.07, 6.45) is 0. The molecule has 0 saturated heterocycles. The fraction of sp³-hybridized carbons (Fsp3) is 0.417. The molecule has 0 unspecified atom stereocenters. The first kappa shape index (κ1) is 15.6. The highest BCUT2D eigenvalue weighted by molar-refractivity contribution is 7.89. The molecule has 0 fully saturated rings. The highest BCUT2D eigenvalue weighted by atomic mass is 32.2. The van der Waals surface area contributed by atoms with Crippen LogP contribution in [0.3, 0.4) is 0 Å². The summed E-state index contributed by atoms with van der Waals surface area (Å²) in [6.45, 7) is 4.94. The van der Waals surface area contributed by atoms with Gasteiger partial charge in [0.05, 0.1) is 4.90 Å². The molecule has 0 spiro atoms. The SMILES string of the molecule is Cc1cc(S(=O)(=O)NC(C)(C)C(N)=O)ccc1CN. The van der Waals surface area contributed by atoms with Gasteiger partial charge in [-0.25, -0.2) is 8.42 Å². The zero-order valence-corrected chi connectivity index (χ0v) is 12.0. The van der Waals surface area contributed by atoms with Gasteiger partial charge in [-0.3, -0.25) is 4.79 Å². The molecule has 0 aromatic heterocycles. The minimum atomic E-state index is -3.80. The lowest BCUT2D eigenvalue weighted by atomic mass is 10.1. The maximum Gasteiger partial charge on any atom is 0.241 e. The van der Waals surface area contributed by atoms with Gasteiger partial charge in [-0.15, -0.1) is 0 Å². The lowest BCUT2D eigenvalue weighted by Gasteiger charge is -2.22. The van der Waals surface area contributed by atoms with E-state index in [0.29, 0.717) is 6.54 Å². The predicted molar refractivity (Wildman–Crippen MR) is 72.7 cm³/mol. The normalized spacial score (nSPS) is 12.4. The van der Waals surface area contributed by atoms with Crippen molar-refractivity contribution in [3.05, 3.63) is 29.3 Å². The number of aryl methyl sites for hydroxylation is 1. The molecule has 7 heteroatoms. The molecule has 0 aliphatic carbocycles. The molecule has 0 aliphatic heterocycles. The maximum atomic E-state index is 12.2. The summed E-state index contributed by atoms with van der Waals surface area (Å²) >= 11 is 0. The van der Waals surface area contributed by atoms with Gasteiger partial charge in [0.2, 0.25) is 15.9 Å².